The Hall–Kier alpha value is -0.900. The van der Waals surface area contributed by atoms with Gasteiger partial charge < -0.3 is 5.32 Å². The van der Waals surface area contributed by atoms with Gasteiger partial charge in [0.25, 0.3) is 0 Å². The molecule has 0 spiro atoms. The standard InChI is InChI=1S/C16H16BrClFN/c1-2-20-16(11-4-7-14(19)8-5-11)9-12-3-6-13(17)10-15(12)18/h3-8,10,16,20H,2,9H2,1H3. The Morgan fingerprint density at radius 2 is 1.90 bits per heavy atom. The second kappa shape index (κ2) is 7.21. The zero-order valence-electron chi connectivity index (χ0n) is 11.2. The molecule has 20 heavy (non-hydrogen) atoms. The summed E-state index contributed by atoms with van der Waals surface area (Å²) in [6.45, 7) is 2.90. The van der Waals surface area contributed by atoms with E-state index in [0.29, 0.717) is 0 Å². The predicted molar refractivity (Wildman–Crippen MR) is 85.7 cm³/mol. The Morgan fingerprint density at radius 1 is 1.20 bits per heavy atom. The highest BCUT2D eigenvalue weighted by atomic mass is 79.9. The molecule has 0 aromatic heterocycles. The second-order valence-corrected chi connectivity index (χ2v) is 5.92. The molecule has 0 aliphatic rings. The van der Waals surface area contributed by atoms with Crippen molar-refractivity contribution in [2.45, 2.75) is 19.4 Å². The van der Waals surface area contributed by atoms with Gasteiger partial charge in [-0.3, -0.25) is 0 Å². The number of nitrogens with one attached hydrogen (secondary N) is 1. The monoisotopic (exact) mass is 355 g/mol. The molecule has 1 nitrogen and oxygen atoms in total. The molecule has 0 amide bonds. The number of rotatable bonds is 5. The van der Waals surface area contributed by atoms with E-state index in [-0.39, 0.29) is 11.9 Å². The minimum Gasteiger partial charge on any atom is -0.310 e. The van der Waals surface area contributed by atoms with Crippen LogP contribution in [-0.4, -0.2) is 6.54 Å². The molecule has 0 saturated heterocycles. The van der Waals surface area contributed by atoms with Gasteiger partial charge in [0.05, 0.1) is 0 Å². The van der Waals surface area contributed by atoms with Gasteiger partial charge >= 0.3 is 0 Å². The third kappa shape index (κ3) is 4.05. The van der Waals surface area contributed by atoms with E-state index in [0.717, 1.165) is 33.6 Å². The number of hydrogen-bond acceptors (Lipinski definition) is 1. The SMILES string of the molecule is CCNC(Cc1ccc(Br)cc1Cl)c1ccc(F)cc1. The number of halogens is 3. The molecule has 2 aromatic carbocycles. The molecule has 4 heteroatoms. The summed E-state index contributed by atoms with van der Waals surface area (Å²) in [7, 11) is 0. The lowest BCUT2D eigenvalue weighted by molar-refractivity contribution is 0.547. The number of likely N-dealkylation sites (N-methyl/N-ethyl adjacent to an activating group) is 1. The van der Waals surface area contributed by atoms with Crippen LogP contribution in [0.3, 0.4) is 0 Å². The van der Waals surface area contributed by atoms with Crippen LogP contribution in [0.5, 0.6) is 0 Å². The molecule has 0 aliphatic carbocycles. The van der Waals surface area contributed by atoms with E-state index in [4.69, 9.17) is 11.6 Å². The van der Waals surface area contributed by atoms with Gasteiger partial charge in [0.15, 0.2) is 0 Å². The van der Waals surface area contributed by atoms with Crippen LogP contribution in [-0.2, 0) is 6.42 Å². The van der Waals surface area contributed by atoms with Crippen molar-refractivity contribution < 1.29 is 4.39 Å². The van der Waals surface area contributed by atoms with Gasteiger partial charge in [-0.2, -0.15) is 0 Å². The average molecular weight is 357 g/mol. The fraction of sp³-hybridized carbons (Fsp3) is 0.250. The molecule has 2 rings (SSSR count). The highest BCUT2D eigenvalue weighted by Gasteiger charge is 2.13. The van der Waals surface area contributed by atoms with E-state index >= 15 is 0 Å². The van der Waals surface area contributed by atoms with Crippen molar-refractivity contribution in [3.63, 3.8) is 0 Å². The lowest BCUT2D eigenvalue weighted by atomic mass is 9.98. The van der Waals surface area contributed by atoms with Crippen LogP contribution in [0, 0.1) is 5.82 Å². The molecule has 2 aromatic rings. The largest absolute Gasteiger partial charge is 0.310 e. The first-order valence-corrected chi connectivity index (χ1v) is 7.70. The van der Waals surface area contributed by atoms with Crippen molar-refractivity contribution in [2.75, 3.05) is 6.54 Å². The van der Waals surface area contributed by atoms with Crippen LogP contribution in [0.15, 0.2) is 46.9 Å². The Labute approximate surface area is 132 Å². The summed E-state index contributed by atoms with van der Waals surface area (Å²) in [5.41, 5.74) is 2.14. The molecule has 0 aliphatic heterocycles. The summed E-state index contributed by atoms with van der Waals surface area (Å²) >= 11 is 9.67. The van der Waals surface area contributed by atoms with E-state index in [9.17, 15) is 4.39 Å². The maximum atomic E-state index is 13.0. The van der Waals surface area contributed by atoms with Crippen LogP contribution in [0.4, 0.5) is 4.39 Å². The van der Waals surface area contributed by atoms with Crippen LogP contribution in [0.25, 0.3) is 0 Å². The smallest absolute Gasteiger partial charge is 0.123 e. The van der Waals surface area contributed by atoms with E-state index in [1.54, 1.807) is 0 Å². The van der Waals surface area contributed by atoms with Crippen molar-refractivity contribution in [2.24, 2.45) is 0 Å². The van der Waals surface area contributed by atoms with Crippen LogP contribution >= 0.6 is 27.5 Å². The van der Waals surface area contributed by atoms with Crippen molar-refractivity contribution in [3.05, 3.63) is 68.9 Å². The van der Waals surface area contributed by atoms with Crippen LogP contribution in [0.2, 0.25) is 5.02 Å². The van der Waals surface area contributed by atoms with Crippen molar-refractivity contribution in [1.29, 1.82) is 0 Å². The van der Waals surface area contributed by atoms with Gasteiger partial charge in [-0.1, -0.05) is 52.7 Å². The van der Waals surface area contributed by atoms with Gasteiger partial charge in [-0.15, -0.1) is 0 Å². The van der Waals surface area contributed by atoms with Crippen molar-refractivity contribution in [3.8, 4) is 0 Å². The number of benzene rings is 2. The first-order valence-electron chi connectivity index (χ1n) is 6.53. The van der Waals surface area contributed by atoms with Gasteiger partial charge in [0.2, 0.25) is 0 Å². The van der Waals surface area contributed by atoms with Crippen molar-refractivity contribution >= 4 is 27.5 Å². The van der Waals surface area contributed by atoms with E-state index < -0.39 is 0 Å². The highest BCUT2D eigenvalue weighted by molar-refractivity contribution is 9.10. The molecule has 0 radical (unpaired) electrons. The van der Waals surface area contributed by atoms with E-state index in [1.807, 2.05) is 30.3 Å². The summed E-state index contributed by atoms with van der Waals surface area (Å²) < 4.78 is 14.0. The zero-order valence-corrected chi connectivity index (χ0v) is 13.5. The number of hydrogen-bond donors (Lipinski definition) is 1. The Bertz CT molecular complexity index is 571. The summed E-state index contributed by atoms with van der Waals surface area (Å²) in [5, 5.41) is 4.16. The Balaban J connectivity index is 2.22. The van der Waals surface area contributed by atoms with Crippen molar-refractivity contribution in [1.82, 2.24) is 5.32 Å². The molecule has 1 N–H and O–H groups in total. The fourth-order valence-electron chi connectivity index (χ4n) is 2.16. The molecular formula is C16H16BrClFN. The first kappa shape index (κ1) is 15.5. The van der Waals surface area contributed by atoms with Gasteiger partial charge in [0.1, 0.15) is 5.82 Å². The lowest BCUT2D eigenvalue weighted by Crippen LogP contribution is -2.23. The minimum absolute atomic E-state index is 0.124. The normalized spacial score (nSPS) is 12.4. The third-order valence-electron chi connectivity index (χ3n) is 3.16. The van der Waals surface area contributed by atoms with E-state index in [2.05, 4.69) is 28.2 Å². The third-order valence-corrected chi connectivity index (χ3v) is 4.01. The molecule has 0 heterocycles. The maximum absolute atomic E-state index is 13.0. The summed E-state index contributed by atoms with van der Waals surface area (Å²) in [6.07, 6.45) is 0.769. The highest BCUT2D eigenvalue weighted by Crippen LogP contribution is 2.26. The first-order chi connectivity index (χ1) is 9.60. The zero-order chi connectivity index (χ0) is 14.5. The Morgan fingerprint density at radius 3 is 2.50 bits per heavy atom. The van der Waals surface area contributed by atoms with Gasteiger partial charge in [-0.25, -0.2) is 4.39 Å². The Kier molecular flexibility index (Phi) is 5.58. The van der Waals surface area contributed by atoms with Gasteiger partial charge in [-0.05, 0) is 48.4 Å². The van der Waals surface area contributed by atoms with E-state index in [1.165, 1.54) is 12.1 Å². The van der Waals surface area contributed by atoms with Crippen LogP contribution < -0.4 is 5.32 Å². The second-order valence-electron chi connectivity index (χ2n) is 4.60. The lowest BCUT2D eigenvalue weighted by Gasteiger charge is -2.19. The molecular weight excluding hydrogens is 341 g/mol. The van der Waals surface area contributed by atoms with Crippen LogP contribution in [0.1, 0.15) is 24.1 Å². The minimum atomic E-state index is -0.217. The molecule has 0 bridgehead atoms. The molecule has 0 saturated carbocycles. The predicted octanol–water partition coefficient (Wildman–Crippen LogP) is 5.13. The molecule has 1 atom stereocenters. The topological polar surface area (TPSA) is 12.0 Å². The molecule has 1 unspecified atom stereocenters. The molecule has 106 valence electrons. The summed E-state index contributed by atoms with van der Waals surface area (Å²) in [5.74, 6) is -0.217. The maximum Gasteiger partial charge on any atom is 0.123 e. The summed E-state index contributed by atoms with van der Waals surface area (Å²) in [6, 6.07) is 12.6. The summed E-state index contributed by atoms with van der Waals surface area (Å²) in [4.78, 5) is 0. The van der Waals surface area contributed by atoms with Gasteiger partial charge in [0, 0.05) is 15.5 Å². The molecule has 0 fully saturated rings. The average Bonchev–Trinajstić information content (AvgIpc) is 2.42. The quantitative estimate of drug-likeness (QED) is 0.782. The fourth-order valence-corrected chi connectivity index (χ4v) is 2.91.